The molecule has 1 aliphatic rings. The summed E-state index contributed by atoms with van der Waals surface area (Å²) >= 11 is 1.71. The average molecular weight is 492 g/mol. The van der Waals surface area contributed by atoms with Crippen LogP contribution >= 0.6 is 11.3 Å². The zero-order valence-electron chi connectivity index (χ0n) is 20.2. The van der Waals surface area contributed by atoms with Gasteiger partial charge in [-0.2, -0.15) is 0 Å². The number of nitrogens with zero attached hydrogens (tertiary/aromatic N) is 1. The number of nitrogens with one attached hydrogen (secondary N) is 2. The van der Waals surface area contributed by atoms with E-state index in [4.69, 9.17) is 4.74 Å². The molecule has 2 amide bonds. The Morgan fingerprint density at radius 1 is 1.06 bits per heavy atom. The molecular formula is C28H33N3O3S. The van der Waals surface area contributed by atoms with Gasteiger partial charge in [0.2, 0.25) is 5.91 Å². The number of benzene rings is 2. The summed E-state index contributed by atoms with van der Waals surface area (Å²) in [7, 11) is 1.68. The number of methoxy groups -OCH3 is 1. The van der Waals surface area contributed by atoms with E-state index in [1.165, 1.54) is 4.88 Å². The molecule has 1 atom stereocenters. The molecule has 0 bridgehead atoms. The molecule has 7 heteroatoms. The zero-order valence-corrected chi connectivity index (χ0v) is 21.0. The lowest BCUT2D eigenvalue weighted by Gasteiger charge is -2.29. The molecule has 0 aliphatic carbocycles. The van der Waals surface area contributed by atoms with Crippen LogP contribution in [0, 0.1) is 0 Å². The molecule has 2 aromatic carbocycles. The number of hydrogen-bond acceptors (Lipinski definition) is 5. The monoisotopic (exact) mass is 491 g/mol. The Kier molecular flexibility index (Phi) is 8.92. The Morgan fingerprint density at radius 3 is 2.66 bits per heavy atom. The van der Waals surface area contributed by atoms with Crippen molar-refractivity contribution in [2.45, 2.75) is 38.1 Å². The number of anilines is 1. The van der Waals surface area contributed by atoms with Crippen LogP contribution in [0.1, 0.15) is 52.5 Å². The van der Waals surface area contributed by atoms with Crippen LogP contribution in [0.5, 0.6) is 5.75 Å². The fourth-order valence-corrected chi connectivity index (χ4v) is 5.31. The molecule has 4 rings (SSSR count). The first-order chi connectivity index (χ1) is 17.1. The normalized spacial score (nSPS) is 14.4. The van der Waals surface area contributed by atoms with E-state index >= 15 is 0 Å². The van der Waals surface area contributed by atoms with Crippen molar-refractivity contribution in [2.75, 3.05) is 32.1 Å². The van der Waals surface area contributed by atoms with Gasteiger partial charge in [-0.05, 0) is 74.5 Å². The summed E-state index contributed by atoms with van der Waals surface area (Å²) in [6, 6.07) is 19.3. The van der Waals surface area contributed by atoms with Gasteiger partial charge in [0.25, 0.3) is 5.91 Å². The van der Waals surface area contributed by atoms with E-state index in [9.17, 15) is 9.59 Å². The second-order valence-corrected chi connectivity index (χ2v) is 9.80. The lowest BCUT2D eigenvalue weighted by molar-refractivity contribution is -0.116. The van der Waals surface area contributed by atoms with Crippen LogP contribution in [-0.4, -0.2) is 43.5 Å². The molecule has 35 heavy (non-hydrogen) atoms. The summed E-state index contributed by atoms with van der Waals surface area (Å²) < 4.78 is 5.60. The van der Waals surface area contributed by atoms with E-state index in [0.717, 1.165) is 50.1 Å². The number of aryl methyl sites for hydroxylation is 1. The Labute approximate surface area is 211 Å². The van der Waals surface area contributed by atoms with Crippen LogP contribution in [0.2, 0.25) is 0 Å². The Balaban J connectivity index is 1.35. The van der Waals surface area contributed by atoms with Gasteiger partial charge in [-0.3, -0.25) is 14.5 Å². The second kappa shape index (κ2) is 12.5. The maximum absolute atomic E-state index is 13.0. The minimum Gasteiger partial charge on any atom is -0.496 e. The molecule has 0 saturated carbocycles. The van der Waals surface area contributed by atoms with Gasteiger partial charge in [-0.25, -0.2) is 0 Å². The Hall–Kier alpha value is -3.16. The highest BCUT2D eigenvalue weighted by molar-refractivity contribution is 7.09. The summed E-state index contributed by atoms with van der Waals surface area (Å²) in [6.07, 6.45) is 4.47. The van der Waals surface area contributed by atoms with Crippen molar-refractivity contribution in [3.63, 3.8) is 0 Å². The van der Waals surface area contributed by atoms with Gasteiger partial charge in [0.15, 0.2) is 0 Å². The smallest absolute Gasteiger partial charge is 0.251 e. The molecule has 1 fully saturated rings. The summed E-state index contributed by atoms with van der Waals surface area (Å²) in [5.41, 5.74) is 2.25. The van der Waals surface area contributed by atoms with E-state index < -0.39 is 0 Å². The predicted molar refractivity (Wildman–Crippen MR) is 141 cm³/mol. The van der Waals surface area contributed by atoms with Gasteiger partial charge in [0.1, 0.15) is 5.75 Å². The molecule has 0 spiro atoms. The molecule has 184 valence electrons. The van der Waals surface area contributed by atoms with Crippen molar-refractivity contribution in [3.8, 4) is 5.75 Å². The summed E-state index contributed by atoms with van der Waals surface area (Å²) in [5.74, 6) is 0.643. The molecule has 1 aliphatic heterocycles. The molecule has 2 N–H and O–H groups in total. The van der Waals surface area contributed by atoms with Gasteiger partial charge in [-0.1, -0.05) is 30.3 Å². The highest BCUT2D eigenvalue weighted by Crippen LogP contribution is 2.31. The molecule has 1 aromatic heterocycles. The molecule has 6 nitrogen and oxygen atoms in total. The molecule has 1 unspecified atom stereocenters. The van der Waals surface area contributed by atoms with Crippen molar-refractivity contribution in [1.29, 1.82) is 0 Å². The van der Waals surface area contributed by atoms with Gasteiger partial charge < -0.3 is 15.4 Å². The van der Waals surface area contributed by atoms with E-state index in [1.807, 2.05) is 30.3 Å². The van der Waals surface area contributed by atoms with Gasteiger partial charge >= 0.3 is 0 Å². The highest BCUT2D eigenvalue weighted by atomic mass is 32.1. The topological polar surface area (TPSA) is 70.7 Å². The van der Waals surface area contributed by atoms with Crippen LogP contribution in [0.3, 0.4) is 0 Å². The highest BCUT2D eigenvalue weighted by Gasteiger charge is 2.26. The van der Waals surface area contributed by atoms with E-state index in [0.29, 0.717) is 24.2 Å². The Bertz CT molecular complexity index is 1110. The van der Waals surface area contributed by atoms with E-state index in [2.05, 4.69) is 33.0 Å². The maximum atomic E-state index is 13.0. The fraction of sp³-hybridized carbons (Fsp3) is 0.357. The first-order valence-electron chi connectivity index (χ1n) is 12.2. The predicted octanol–water partition coefficient (Wildman–Crippen LogP) is 5.29. The number of hydrogen-bond donors (Lipinski definition) is 2. The lowest BCUT2D eigenvalue weighted by atomic mass is 10.0. The van der Waals surface area contributed by atoms with Crippen LogP contribution in [0.25, 0.3) is 0 Å². The summed E-state index contributed by atoms with van der Waals surface area (Å²) in [5, 5.41) is 8.09. The maximum Gasteiger partial charge on any atom is 0.251 e. The van der Waals surface area contributed by atoms with Crippen LogP contribution in [-0.2, 0) is 11.2 Å². The quantitative estimate of drug-likeness (QED) is 0.383. The third-order valence-corrected chi connectivity index (χ3v) is 7.29. The average Bonchev–Trinajstić information content (AvgIpc) is 3.59. The minimum absolute atomic E-state index is 0.0376. The number of para-hydroxylation sites is 1. The largest absolute Gasteiger partial charge is 0.496 e. The zero-order chi connectivity index (χ0) is 24.5. The van der Waals surface area contributed by atoms with Crippen molar-refractivity contribution < 1.29 is 14.3 Å². The van der Waals surface area contributed by atoms with E-state index in [-0.39, 0.29) is 17.9 Å². The molecule has 3 aromatic rings. The summed E-state index contributed by atoms with van der Waals surface area (Å²) in [6.45, 7) is 2.50. The first kappa shape index (κ1) is 24.9. The number of likely N-dealkylation sites (tertiary alicyclic amines) is 1. The number of amides is 2. The van der Waals surface area contributed by atoms with Gasteiger partial charge in [0.05, 0.1) is 13.2 Å². The van der Waals surface area contributed by atoms with Crippen molar-refractivity contribution >= 4 is 28.8 Å². The van der Waals surface area contributed by atoms with Crippen LogP contribution in [0.15, 0.2) is 66.0 Å². The lowest BCUT2D eigenvalue weighted by Crippen LogP contribution is -2.37. The second-order valence-electron chi connectivity index (χ2n) is 8.77. The minimum atomic E-state index is -0.155. The number of thiophene rings is 1. The molecule has 2 heterocycles. The Morgan fingerprint density at radius 2 is 1.89 bits per heavy atom. The molecule has 0 radical (unpaired) electrons. The number of ether oxygens (including phenoxy) is 1. The van der Waals surface area contributed by atoms with Crippen LogP contribution < -0.4 is 15.4 Å². The van der Waals surface area contributed by atoms with Crippen molar-refractivity contribution in [1.82, 2.24) is 10.2 Å². The van der Waals surface area contributed by atoms with Gasteiger partial charge in [-0.15, -0.1) is 11.3 Å². The number of rotatable bonds is 11. The van der Waals surface area contributed by atoms with Crippen LogP contribution in [0.4, 0.5) is 5.69 Å². The fourth-order valence-electron chi connectivity index (χ4n) is 4.56. The number of carbonyl (C=O) groups is 2. The summed E-state index contributed by atoms with van der Waals surface area (Å²) in [4.78, 5) is 29.1. The van der Waals surface area contributed by atoms with Gasteiger partial charge in [0, 0.05) is 34.7 Å². The third-order valence-electron chi connectivity index (χ3n) is 6.35. The first-order valence-corrected chi connectivity index (χ1v) is 13.1. The van der Waals surface area contributed by atoms with E-state index in [1.54, 1.807) is 36.6 Å². The van der Waals surface area contributed by atoms with Crippen molar-refractivity contribution in [2.24, 2.45) is 0 Å². The molecular weight excluding hydrogens is 458 g/mol. The van der Waals surface area contributed by atoms with Crippen molar-refractivity contribution in [3.05, 3.63) is 82.0 Å². The third kappa shape index (κ3) is 6.93. The SMILES string of the molecule is COc1ccccc1C(CNC(=O)c1cccc(NC(=O)CCCc2cccs2)c1)N1CCCC1. The number of carbonyl (C=O) groups excluding carboxylic acids is 2. The standard InChI is InChI=1S/C28H33N3O3S/c1-34-26-14-3-2-13-24(26)25(31-16-4-5-17-31)20-29-28(33)21-9-6-10-22(19-21)30-27(32)15-7-11-23-12-8-18-35-23/h2-3,6,8-10,12-14,18-19,25H,4-5,7,11,15-17,20H2,1H3,(H,29,33)(H,30,32). The molecule has 1 saturated heterocycles.